The number of nitro groups is 1. The third kappa shape index (κ3) is 4.10. The van der Waals surface area contributed by atoms with Crippen LogP contribution in [0.3, 0.4) is 0 Å². The Hall–Kier alpha value is -2.89. The molecule has 126 valence electrons. The number of carbonyl (C=O) groups is 1. The summed E-state index contributed by atoms with van der Waals surface area (Å²) in [5.74, 6) is 0.295. The van der Waals surface area contributed by atoms with Crippen LogP contribution in [0.4, 0.5) is 11.4 Å². The quantitative estimate of drug-likeness (QED) is 0.666. The minimum Gasteiger partial charge on any atom is -0.481 e. The van der Waals surface area contributed by atoms with Gasteiger partial charge in [-0.25, -0.2) is 0 Å². The second-order valence-electron chi connectivity index (χ2n) is 5.76. The lowest BCUT2D eigenvalue weighted by atomic mass is 10.1. The van der Waals surface area contributed by atoms with Crippen LogP contribution >= 0.6 is 0 Å². The van der Waals surface area contributed by atoms with E-state index in [1.54, 1.807) is 13.0 Å². The Kier molecular flexibility index (Phi) is 5.18. The number of aryl methyl sites for hydroxylation is 2. The van der Waals surface area contributed by atoms with Gasteiger partial charge >= 0.3 is 0 Å². The molecule has 24 heavy (non-hydrogen) atoms. The minimum atomic E-state index is -0.732. The summed E-state index contributed by atoms with van der Waals surface area (Å²) in [6, 6.07) is 9.74. The highest BCUT2D eigenvalue weighted by atomic mass is 16.6. The standard InChI is InChI=1S/C18H20N2O4/c1-11-8-12(2)13(3)17(9-11)24-14(4)18(21)19-15-6-5-7-16(10-15)20(22)23/h5-10,14H,1-4H3,(H,19,21). The van der Waals surface area contributed by atoms with Crippen LogP contribution in [0.1, 0.15) is 23.6 Å². The number of ether oxygens (including phenoxy) is 1. The third-order valence-electron chi connectivity index (χ3n) is 3.76. The molecule has 6 heteroatoms. The van der Waals surface area contributed by atoms with E-state index in [4.69, 9.17) is 4.74 Å². The SMILES string of the molecule is Cc1cc(C)c(C)c(OC(C)C(=O)Nc2cccc([N+](=O)[O-])c2)c1. The van der Waals surface area contributed by atoms with Crippen molar-refractivity contribution in [2.45, 2.75) is 33.8 Å². The number of carbonyl (C=O) groups excluding carboxylic acids is 1. The first-order valence-corrected chi connectivity index (χ1v) is 7.57. The van der Waals surface area contributed by atoms with Crippen molar-refractivity contribution in [2.24, 2.45) is 0 Å². The number of rotatable bonds is 5. The summed E-state index contributed by atoms with van der Waals surface area (Å²) in [6.45, 7) is 7.54. The second kappa shape index (κ2) is 7.12. The molecule has 2 aromatic carbocycles. The maximum absolute atomic E-state index is 12.3. The molecule has 2 aromatic rings. The topological polar surface area (TPSA) is 81.5 Å². The largest absolute Gasteiger partial charge is 0.481 e. The van der Waals surface area contributed by atoms with E-state index in [0.29, 0.717) is 11.4 Å². The molecule has 0 aliphatic carbocycles. The van der Waals surface area contributed by atoms with Crippen molar-refractivity contribution in [3.05, 3.63) is 63.2 Å². The summed E-state index contributed by atoms with van der Waals surface area (Å²) in [5.41, 5.74) is 3.42. The molecule has 2 rings (SSSR count). The Morgan fingerprint density at radius 2 is 1.92 bits per heavy atom. The summed E-state index contributed by atoms with van der Waals surface area (Å²) < 4.78 is 5.77. The number of nitro benzene ring substituents is 1. The van der Waals surface area contributed by atoms with Crippen LogP contribution in [0.2, 0.25) is 0 Å². The van der Waals surface area contributed by atoms with Gasteiger partial charge in [0.05, 0.1) is 4.92 Å². The molecule has 0 spiro atoms. The molecule has 1 unspecified atom stereocenters. The van der Waals surface area contributed by atoms with Crippen molar-refractivity contribution >= 4 is 17.3 Å². The third-order valence-corrected chi connectivity index (χ3v) is 3.76. The molecule has 1 atom stereocenters. The molecular weight excluding hydrogens is 308 g/mol. The average Bonchev–Trinajstić information content (AvgIpc) is 2.52. The van der Waals surface area contributed by atoms with Crippen molar-refractivity contribution in [2.75, 3.05) is 5.32 Å². The molecule has 1 N–H and O–H groups in total. The number of anilines is 1. The van der Waals surface area contributed by atoms with Crippen molar-refractivity contribution < 1.29 is 14.5 Å². The van der Waals surface area contributed by atoms with E-state index in [0.717, 1.165) is 16.7 Å². The van der Waals surface area contributed by atoms with E-state index in [2.05, 4.69) is 11.4 Å². The maximum atomic E-state index is 12.3. The van der Waals surface area contributed by atoms with Gasteiger partial charge in [0.25, 0.3) is 11.6 Å². The molecule has 0 aliphatic heterocycles. The first kappa shape index (κ1) is 17.5. The van der Waals surface area contributed by atoms with Gasteiger partial charge in [-0.2, -0.15) is 0 Å². The van der Waals surface area contributed by atoms with Crippen molar-refractivity contribution in [3.8, 4) is 5.75 Å². The Morgan fingerprint density at radius 1 is 1.21 bits per heavy atom. The second-order valence-corrected chi connectivity index (χ2v) is 5.76. The van der Waals surface area contributed by atoms with Gasteiger partial charge in [0.2, 0.25) is 0 Å². The predicted octanol–water partition coefficient (Wildman–Crippen LogP) is 3.93. The number of benzene rings is 2. The molecule has 0 radical (unpaired) electrons. The minimum absolute atomic E-state index is 0.0773. The van der Waals surface area contributed by atoms with E-state index in [1.807, 2.05) is 26.8 Å². The monoisotopic (exact) mass is 328 g/mol. The molecule has 6 nitrogen and oxygen atoms in total. The van der Waals surface area contributed by atoms with Crippen LogP contribution in [-0.2, 0) is 4.79 Å². The van der Waals surface area contributed by atoms with Gasteiger partial charge in [-0.15, -0.1) is 0 Å². The summed E-state index contributed by atoms with van der Waals surface area (Å²) in [6.07, 6.45) is -0.732. The Morgan fingerprint density at radius 3 is 2.58 bits per heavy atom. The van der Waals surface area contributed by atoms with Gasteiger partial charge in [-0.3, -0.25) is 14.9 Å². The maximum Gasteiger partial charge on any atom is 0.271 e. The number of hydrogen-bond acceptors (Lipinski definition) is 4. The van der Waals surface area contributed by atoms with Crippen LogP contribution in [0.5, 0.6) is 5.75 Å². The first-order chi connectivity index (χ1) is 11.3. The van der Waals surface area contributed by atoms with E-state index >= 15 is 0 Å². The summed E-state index contributed by atoms with van der Waals surface area (Å²) >= 11 is 0. The fraction of sp³-hybridized carbons (Fsp3) is 0.278. The van der Waals surface area contributed by atoms with E-state index < -0.39 is 11.0 Å². The Balaban J connectivity index is 2.10. The van der Waals surface area contributed by atoms with Gasteiger partial charge in [-0.05, 0) is 56.5 Å². The number of hydrogen-bond donors (Lipinski definition) is 1. The van der Waals surface area contributed by atoms with Crippen LogP contribution in [-0.4, -0.2) is 16.9 Å². The van der Waals surface area contributed by atoms with Crippen molar-refractivity contribution in [3.63, 3.8) is 0 Å². The molecule has 0 aromatic heterocycles. The first-order valence-electron chi connectivity index (χ1n) is 7.57. The highest BCUT2D eigenvalue weighted by Crippen LogP contribution is 2.25. The zero-order chi connectivity index (χ0) is 17.9. The van der Waals surface area contributed by atoms with Crippen LogP contribution in [0.15, 0.2) is 36.4 Å². The lowest BCUT2D eigenvalue weighted by molar-refractivity contribution is -0.384. The van der Waals surface area contributed by atoms with Crippen LogP contribution < -0.4 is 10.1 Å². The zero-order valence-electron chi connectivity index (χ0n) is 14.1. The van der Waals surface area contributed by atoms with Crippen LogP contribution in [0, 0.1) is 30.9 Å². The van der Waals surface area contributed by atoms with Gasteiger partial charge in [0.1, 0.15) is 5.75 Å². The molecule has 0 fully saturated rings. The van der Waals surface area contributed by atoms with E-state index in [9.17, 15) is 14.9 Å². The smallest absolute Gasteiger partial charge is 0.271 e. The molecule has 0 bridgehead atoms. The number of nitrogens with zero attached hydrogens (tertiary/aromatic N) is 1. The van der Waals surface area contributed by atoms with Gasteiger partial charge in [0, 0.05) is 17.8 Å². The Bertz CT molecular complexity index is 787. The fourth-order valence-electron chi connectivity index (χ4n) is 2.31. The lowest BCUT2D eigenvalue weighted by Crippen LogP contribution is -2.30. The number of non-ortho nitro benzene ring substituents is 1. The van der Waals surface area contributed by atoms with E-state index in [-0.39, 0.29) is 11.6 Å². The van der Waals surface area contributed by atoms with Crippen molar-refractivity contribution in [1.29, 1.82) is 0 Å². The highest BCUT2D eigenvalue weighted by Gasteiger charge is 2.17. The average molecular weight is 328 g/mol. The lowest BCUT2D eigenvalue weighted by Gasteiger charge is -2.18. The molecule has 0 saturated carbocycles. The van der Waals surface area contributed by atoms with Crippen molar-refractivity contribution in [1.82, 2.24) is 0 Å². The number of nitrogens with one attached hydrogen (secondary N) is 1. The van der Waals surface area contributed by atoms with Gasteiger partial charge in [-0.1, -0.05) is 12.1 Å². The van der Waals surface area contributed by atoms with Gasteiger partial charge in [0.15, 0.2) is 6.10 Å². The summed E-state index contributed by atoms with van der Waals surface area (Å²) in [5, 5.41) is 13.4. The molecule has 0 heterocycles. The van der Waals surface area contributed by atoms with E-state index in [1.165, 1.54) is 18.2 Å². The zero-order valence-corrected chi connectivity index (χ0v) is 14.1. The predicted molar refractivity (Wildman–Crippen MR) is 92.5 cm³/mol. The molecular formula is C18H20N2O4. The Labute approximate surface area is 140 Å². The number of amides is 1. The molecule has 0 saturated heterocycles. The normalized spacial score (nSPS) is 11.7. The summed E-state index contributed by atoms with van der Waals surface area (Å²) in [4.78, 5) is 22.6. The molecule has 1 amide bonds. The molecule has 0 aliphatic rings. The summed E-state index contributed by atoms with van der Waals surface area (Å²) in [7, 11) is 0. The highest BCUT2D eigenvalue weighted by molar-refractivity contribution is 5.94. The van der Waals surface area contributed by atoms with Gasteiger partial charge < -0.3 is 10.1 Å². The fourth-order valence-corrected chi connectivity index (χ4v) is 2.31. The van der Waals surface area contributed by atoms with Crippen LogP contribution in [0.25, 0.3) is 0 Å².